The molecular formula is C23H22ClN5O2. The Morgan fingerprint density at radius 2 is 1.87 bits per heavy atom. The average molecular weight is 436 g/mol. The van der Waals surface area contributed by atoms with Crippen molar-refractivity contribution in [1.82, 2.24) is 24.6 Å². The van der Waals surface area contributed by atoms with E-state index in [-0.39, 0.29) is 0 Å². The van der Waals surface area contributed by atoms with Gasteiger partial charge in [-0.1, -0.05) is 17.7 Å². The molecule has 1 aromatic carbocycles. The summed E-state index contributed by atoms with van der Waals surface area (Å²) in [6, 6.07) is 9.72. The topological polar surface area (TPSA) is 85.4 Å². The van der Waals surface area contributed by atoms with E-state index in [9.17, 15) is 5.11 Å². The van der Waals surface area contributed by atoms with Gasteiger partial charge in [0.25, 0.3) is 0 Å². The van der Waals surface area contributed by atoms with Crippen molar-refractivity contribution >= 4 is 28.4 Å². The number of benzene rings is 1. The van der Waals surface area contributed by atoms with Crippen molar-refractivity contribution in [1.29, 1.82) is 0 Å². The number of rotatable bonds is 3. The van der Waals surface area contributed by atoms with Gasteiger partial charge in [0.2, 0.25) is 0 Å². The highest BCUT2D eigenvalue weighted by Gasteiger charge is 2.33. The first-order valence-electron chi connectivity index (χ1n) is 10.7. The van der Waals surface area contributed by atoms with Crippen molar-refractivity contribution in [2.24, 2.45) is 0 Å². The van der Waals surface area contributed by atoms with Crippen molar-refractivity contribution in [2.45, 2.75) is 44.1 Å². The fraction of sp³-hybridized carbons (Fsp3) is 0.391. The summed E-state index contributed by atoms with van der Waals surface area (Å²) in [5, 5.41) is 20.6. The number of hydrogen-bond acceptors (Lipinski definition) is 6. The lowest BCUT2D eigenvalue weighted by atomic mass is 9.85. The molecule has 6 rings (SSSR count). The molecule has 4 aromatic rings. The number of halogens is 1. The molecule has 2 aliphatic rings. The number of aromatic nitrogens is 5. The largest absolute Gasteiger partial charge is 0.385 e. The predicted molar refractivity (Wildman–Crippen MR) is 117 cm³/mol. The van der Waals surface area contributed by atoms with E-state index in [2.05, 4.69) is 21.2 Å². The molecule has 0 radical (unpaired) electrons. The van der Waals surface area contributed by atoms with Crippen LogP contribution < -0.4 is 0 Å². The first-order chi connectivity index (χ1) is 15.0. The molecule has 8 heteroatoms. The zero-order valence-electron chi connectivity index (χ0n) is 17.2. The van der Waals surface area contributed by atoms with Crippen LogP contribution in [0.15, 0.2) is 30.3 Å². The Kier molecular flexibility index (Phi) is 4.28. The molecule has 0 bridgehead atoms. The van der Waals surface area contributed by atoms with Crippen LogP contribution in [0.5, 0.6) is 0 Å². The van der Waals surface area contributed by atoms with Gasteiger partial charge in [-0.3, -0.25) is 4.40 Å². The molecule has 1 saturated carbocycles. The van der Waals surface area contributed by atoms with E-state index in [0.29, 0.717) is 48.5 Å². The number of aliphatic hydroxyl groups is 1. The van der Waals surface area contributed by atoms with Crippen LogP contribution in [0.3, 0.4) is 0 Å². The van der Waals surface area contributed by atoms with Gasteiger partial charge in [-0.2, -0.15) is 0 Å². The highest BCUT2D eigenvalue weighted by Crippen LogP contribution is 2.40. The molecule has 1 aliphatic carbocycles. The Labute approximate surface area is 184 Å². The van der Waals surface area contributed by atoms with Gasteiger partial charge in [0.1, 0.15) is 5.52 Å². The predicted octanol–water partition coefficient (Wildman–Crippen LogP) is 4.18. The minimum absolute atomic E-state index is 0.523. The summed E-state index contributed by atoms with van der Waals surface area (Å²) < 4.78 is 7.39. The maximum Gasteiger partial charge on any atom is 0.184 e. The van der Waals surface area contributed by atoms with Crippen LogP contribution in [0.25, 0.3) is 28.2 Å². The number of pyridine rings is 1. The second-order valence-electron chi connectivity index (χ2n) is 8.57. The van der Waals surface area contributed by atoms with Crippen LogP contribution in [0.4, 0.5) is 0 Å². The van der Waals surface area contributed by atoms with E-state index in [0.717, 1.165) is 33.7 Å². The summed E-state index contributed by atoms with van der Waals surface area (Å²) in [6.07, 6.45) is 3.44. The molecule has 0 spiro atoms. The van der Waals surface area contributed by atoms with Gasteiger partial charge in [0.15, 0.2) is 17.1 Å². The minimum Gasteiger partial charge on any atom is -0.385 e. The molecule has 1 N–H and O–H groups in total. The van der Waals surface area contributed by atoms with Crippen molar-refractivity contribution in [3.8, 4) is 11.4 Å². The zero-order valence-corrected chi connectivity index (χ0v) is 17.9. The van der Waals surface area contributed by atoms with Crippen LogP contribution in [0.1, 0.15) is 48.6 Å². The van der Waals surface area contributed by atoms with Crippen LogP contribution >= 0.6 is 11.6 Å². The number of nitrogens with zero attached hydrogens (tertiary/aromatic N) is 5. The summed E-state index contributed by atoms with van der Waals surface area (Å²) in [6.45, 7) is 2.99. The van der Waals surface area contributed by atoms with E-state index in [4.69, 9.17) is 21.3 Å². The smallest absolute Gasteiger partial charge is 0.184 e. The Morgan fingerprint density at radius 3 is 2.65 bits per heavy atom. The monoisotopic (exact) mass is 435 g/mol. The maximum absolute atomic E-state index is 11.2. The molecule has 1 saturated heterocycles. The molecular weight excluding hydrogens is 414 g/mol. The highest BCUT2D eigenvalue weighted by atomic mass is 35.5. The molecule has 158 valence electrons. The van der Waals surface area contributed by atoms with E-state index < -0.39 is 5.60 Å². The number of fused-ring (bicyclic) bond motifs is 3. The van der Waals surface area contributed by atoms with Gasteiger partial charge in [0.05, 0.1) is 16.3 Å². The first-order valence-corrected chi connectivity index (χ1v) is 11.0. The maximum atomic E-state index is 11.2. The van der Waals surface area contributed by atoms with E-state index in [1.54, 1.807) is 0 Å². The molecule has 7 nitrogen and oxygen atoms in total. The molecule has 2 fully saturated rings. The van der Waals surface area contributed by atoms with Gasteiger partial charge < -0.3 is 9.84 Å². The summed E-state index contributed by atoms with van der Waals surface area (Å²) >= 11 is 6.63. The Balaban J connectivity index is 1.58. The minimum atomic E-state index is -0.936. The van der Waals surface area contributed by atoms with Gasteiger partial charge in [-0.25, -0.2) is 9.97 Å². The Hall–Kier alpha value is -2.61. The quantitative estimate of drug-likeness (QED) is 0.519. The van der Waals surface area contributed by atoms with Crippen LogP contribution in [0.2, 0.25) is 5.02 Å². The molecule has 3 aromatic heterocycles. The van der Waals surface area contributed by atoms with Gasteiger partial charge in [0, 0.05) is 43.2 Å². The molecule has 1 aliphatic heterocycles. The van der Waals surface area contributed by atoms with Gasteiger partial charge in [-0.15, -0.1) is 10.2 Å². The number of ether oxygens (including phenoxy) is 1. The lowest BCUT2D eigenvalue weighted by Gasteiger charge is -2.32. The zero-order chi connectivity index (χ0) is 21.2. The summed E-state index contributed by atoms with van der Waals surface area (Å²) in [7, 11) is 0. The van der Waals surface area contributed by atoms with Crippen LogP contribution in [0, 0.1) is 6.92 Å². The van der Waals surface area contributed by atoms with Crippen molar-refractivity contribution in [3.63, 3.8) is 0 Å². The van der Waals surface area contributed by atoms with Gasteiger partial charge in [-0.05, 0) is 49.6 Å². The Bertz CT molecular complexity index is 1320. The molecule has 0 atom stereocenters. The summed E-state index contributed by atoms with van der Waals surface area (Å²) in [5.74, 6) is 1.13. The van der Waals surface area contributed by atoms with Crippen molar-refractivity contribution < 1.29 is 9.84 Å². The standard InChI is InChI=1S/C23H22ClN5O2/c1-13-20-27-28-21(29(20)22-19(25-13)7-6-18(26-22)14-2-3-14)16-12-15(4-5-17(16)24)23(30)8-10-31-11-9-23/h4-7,12,14,30H,2-3,8-11H2,1H3. The summed E-state index contributed by atoms with van der Waals surface area (Å²) in [5.41, 5.74) is 4.65. The third-order valence-electron chi connectivity index (χ3n) is 6.42. The third kappa shape index (κ3) is 3.11. The van der Waals surface area contributed by atoms with E-state index in [1.807, 2.05) is 35.6 Å². The number of aryl methyl sites for hydroxylation is 1. The van der Waals surface area contributed by atoms with Crippen LogP contribution in [-0.2, 0) is 10.3 Å². The Morgan fingerprint density at radius 1 is 1.06 bits per heavy atom. The lowest BCUT2D eigenvalue weighted by molar-refractivity contribution is -0.0678. The summed E-state index contributed by atoms with van der Waals surface area (Å²) in [4.78, 5) is 9.62. The second-order valence-corrected chi connectivity index (χ2v) is 8.98. The van der Waals surface area contributed by atoms with E-state index >= 15 is 0 Å². The fourth-order valence-corrected chi connectivity index (χ4v) is 4.62. The fourth-order valence-electron chi connectivity index (χ4n) is 4.42. The highest BCUT2D eigenvalue weighted by molar-refractivity contribution is 6.33. The SMILES string of the molecule is Cc1nc2ccc(C3CC3)nc2n2c(-c3cc(C4(O)CCOCC4)ccc3Cl)nnc12. The normalized spacial score (nSPS) is 18.7. The van der Waals surface area contributed by atoms with Gasteiger partial charge >= 0.3 is 0 Å². The molecule has 31 heavy (non-hydrogen) atoms. The molecule has 0 unspecified atom stereocenters. The van der Waals surface area contributed by atoms with E-state index in [1.165, 1.54) is 12.8 Å². The average Bonchev–Trinajstić information content (AvgIpc) is 3.53. The van der Waals surface area contributed by atoms with Crippen molar-refractivity contribution in [3.05, 3.63) is 52.3 Å². The second kappa shape index (κ2) is 6.95. The number of hydrogen-bond donors (Lipinski definition) is 1. The lowest BCUT2D eigenvalue weighted by Crippen LogP contribution is -2.33. The first kappa shape index (κ1) is 19.1. The molecule has 4 heterocycles. The third-order valence-corrected chi connectivity index (χ3v) is 6.75. The van der Waals surface area contributed by atoms with Crippen molar-refractivity contribution in [2.75, 3.05) is 13.2 Å². The van der Waals surface area contributed by atoms with Crippen LogP contribution in [-0.4, -0.2) is 42.9 Å². The molecule has 0 amide bonds.